The van der Waals surface area contributed by atoms with Gasteiger partial charge in [0.2, 0.25) is 0 Å². The van der Waals surface area contributed by atoms with Crippen LogP contribution in [0.25, 0.3) is 0 Å². The number of carboxylic acids is 1. The molecule has 0 amide bonds. The molecule has 0 bridgehead atoms. The number of aliphatic carboxylic acids is 1. The van der Waals surface area contributed by atoms with Crippen molar-refractivity contribution in [2.45, 2.75) is 31.5 Å². The summed E-state index contributed by atoms with van der Waals surface area (Å²) in [5, 5.41) is 18.1. The Hall–Kier alpha value is -1.08. The number of hydrogen-bond acceptors (Lipinski definition) is 3. The molecule has 1 aromatic heterocycles. The second-order valence-electron chi connectivity index (χ2n) is 4.12. The lowest BCUT2D eigenvalue weighted by atomic mass is 9.85. The predicted molar refractivity (Wildman–Crippen MR) is 56.0 cm³/mol. The molecule has 1 aromatic rings. The van der Waals surface area contributed by atoms with Crippen molar-refractivity contribution in [2.24, 2.45) is 0 Å². The minimum atomic E-state index is -4.45. The van der Waals surface area contributed by atoms with E-state index in [-0.39, 0.29) is 4.88 Å². The zero-order chi connectivity index (χ0) is 13.4. The normalized spacial score (nSPS) is 14.7. The summed E-state index contributed by atoms with van der Waals surface area (Å²) in [6, 6.07) is 2.08. The zero-order valence-electron chi connectivity index (χ0n) is 9.08. The van der Waals surface area contributed by atoms with Gasteiger partial charge in [-0.05, 0) is 12.1 Å². The van der Waals surface area contributed by atoms with Gasteiger partial charge in [0.1, 0.15) is 4.88 Å². The maximum Gasteiger partial charge on any atom is 0.425 e. The first-order valence-electron chi connectivity index (χ1n) is 4.65. The molecular formula is C10H11F3O3S. The van der Waals surface area contributed by atoms with Gasteiger partial charge in [0, 0.05) is 10.3 Å². The number of carboxylic acid groups (broad SMARTS) is 1. The quantitative estimate of drug-likeness (QED) is 0.885. The highest BCUT2D eigenvalue weighted by Crippen LogP contribution is 2.39. The molecule has 0 fully saturated rings. The van der Waals surface area contributed by atoms with Crippen molar-refractivity contribution in [1.29, 1.82) is 0 Å². The van der Waals surface area contributed by atoms with Crippen molar-refractivity contribution >= 4 is 17.3 Å². The standard InChI is InChI=1S/C10H11F3O3S/c1-9(2,7(14)8(15)16)5-3-4-6(17-5)10(11,12)13/h3-4,7,14H,1-2H3,(H,15,16). The van der Waals surface area contributed by atoms with E-state index in [0.717, 1.165) is 6.07 Å². The largest absolute Gasteiger partial charge is 0.479 e. The Morgan fingerprint density at radius 1 is 1.29 bits per heavy atom. The molecule has 0 aliphatic rings. The lowest BCUT2D eigenvalue weighted by Crippen LogP contribution is -2.39. The van der Waals surface area contributed by atoms with Gasteiger partial charge < -0.3 is 10.2 Å². The molecular weight excluding hydrogens is 257 g/mol. The fourth-order valence-electron chi connectivity index (χ4n) is 1.28. The minimum Gasteiger partial charge on any atom is -0.479 e. The summed E-state index contributed by atoms with van der Waals surface area (Å²) in [7, 11) is 0. The number of rotatable bonds is 3. The number of halogens is 3. The van der Waals surface area contributed by atoms with E-state index >= 15 is 0 Å². The van der Waals surface area contributed by atoms with Gasteiger partial charge in [-0.1, -0.05) is 13.8 Å². The van der Waals surface area contributed by atoms with Crippen LogP contribution in [-0.2, 0) is 16.4 Å². The Kier molecular flexibility index (Phi) is 3.54. The van der Waals surface area contributed by atoms with Crippen LogP contribution in [-0.4, -0.2) is 22.3 Å². The molecule has 0 saturated carbocycles. The lowest BCUT2D eigenvalue weighted by molar-refractivity contribution is -0.150. The molecule has 1 heterocycles. The Balaban J connectivity index is 3.09. The van der Waals surface area contributed by atoms with Crippen molar-refractivity contribution in [3.63, 3.8) is 0 Å². The third kappa shape index (κ3) is 2.78. The van der Waals surface area contributed by atoms with Crippen molar-refractivity contribution in [1.82, 2.24) is 0 Å². The molecule has 3 nitrogen and oxygen atoms in total. The first-order chi connectivity index (χ1) is 7.56. The van der Waals surface area contributed by atoms with Crippen molar-refractivity contribution in [2.75, 3.05) is 0 Å². The Morgan fingerprint density at radius 2 is 1.76 bits per heavy atom. The van der Waals surface area contributed by atoms with Gasteiger partial charge in [0.15, 0.2) is 6.10 Å². The number of aliphatic hydroxyl groups is 1. The average Bonchev–Trinajstić information content (AvgIpc) is 2.64. The molecule has 7 heteroatoms. The number of hydrogen-bond donors (Lipinski definition) is 2. The van der Waals surface area contributed by atoms with Crippen LogP contribution in [0.5, 0.6) is 0 Å². The number of thiophene rings is 1. The van der Waals surface area contributed by atoms with Crippen LogP contribution < -0.4 is 0 Å². The van der Waals surface area contributed by atoms with Crippen LogP contribution >= 0.6 is 11.3 Å². The Labute approximate surface area is 99.5 Å². The summed E-state index contributed by atoms with van der Waals surface area (Å²) in [5.41, 5.74) is -1.26. The fraction of sp³-hybridized carbons (Fsp3) is 0.500. The van der Waals surface area contributed by atoms with E-state index < -0.39 is 28.5 Å². The van der Waals surface area contributed by atoms with Crippen LogP contribution in [0.15, 0.2) is 12.1 Å². The van der Waals surface area contributed by atoms with Crippen LogP contribution in [0.3, 0.4) is 0 Å². The number of carbonyl (C=O) groups is 1. The van der Waals surface area contributed by atoms with Gasteiger partial charge in [-0.25, -0.2) is 4.79 Å². The van der Waals surface area contributed by atoms with Crippen molar-refractivity contribution < 1.29 is 28.2 Å². The third-order valence-electron chi connectivity index (χ3n) is 2.44. The molecule has 0 aliphatic carbocycles. The molecule has 0 aromatic carbocycles. The SMILES string of the molecule is CC(C)(c1ccc(C(F)(F)F)s1)C(O)C(=O)O. The fourth-order valence-corrected chi connectivity index (χ4v) is 2.28. The highest BCUT2D eigenvalue weighted by Gasteiger charge is 2.39. The maximum atomic E-state index is 12.4. The molecule has 0 radical (unpaired) electrons. The molecule has 0 aliphatic heterocycles. The van der Waals surface area contributed by atoms with E-state index in [1.165, 1.54) is 19.9 Å². The third-order valence-corrected chi connectivity index (χ3v) is 3.91. The van der Waals surface area contributed by atoms with E-state index in [0.29, 0.717) is 11.3 Å². The van der Waals surface area contributed by atoms with Gasteiger partial charge in [-0.15, -0.1) is 11.3 Å². The van der Waals surface area contributed by atoms with Crippen LogP contribution in [0, 0.1) is 0 Å². The van der Waals surface area contributed by atoms with Gasteiger partial charge in [-0.2, -0.15) is 13.2 Å². The Morgan fingerprint density at radius 3 is 2.12 bits per heavy atom. The highest BCUT2D eigenvalue weighted by atomic mass is 32.1. The monoisotopic (exact) mass is 268 g/mol. The first-order valence-corrected chi connectivity index (χ1v) is 5.47. The molecule has 0 saturated heterocycles. The van der Waals surface area contributed by atoms with Gasteiger partial charge in [0.25, 0.3) is 0 Å². The number of alkyl halides is 3. The zero-order valence-corrected chi connectivity index (χ0v) is 9.89. The van der Waals surface area contributed by atoms with Gasteiger partial charge in [0.05, 0.1) is 0 Å². The van der Waals surface area contributed by atoms with E-state index in [9.17, 15) is 23.1 Å². The topological polar surface area (TPSA) is 57.5 Å². The predicted octanol–water partition coefficient (Wildman–Crippen LogP) is 2.49. The Bertz CT molecular complexity index is 423. The van der Waals surface area contributed by atoms with Crippen molar-refractivity contribution in [3.8, 4) is 0 Å². The van der Waals surface area contributed by atoms with E-state index in [1.54, 1.807) is 0 Å². The van der Waals surface area contributed by atoms with E-state index in [2.05, 4.69) is 0 Å². The molecule has 1 unspecified atom stereocenters. The minimum absolute atomic E-state index is 0.180. The summed E-state index contributed by atoms with van der Waals surface area (Å²) in [4.78, 5) is 10.0. The highest BCUT2D eigenvalue weighted by molar-refractivity contribution is 7.12. The second kappa shape index (κ2) is 4.30. The van der Waals surface area contributed by atoms with E-state index in [1.807, 2.05) is 0 Å². The summed E-state index contributed by atoms with van der Waals surface area (Å²) < 4.78 is 37.1. The average molecular weight is 268 g/mol. The smallest absolute Gasteiger partial charge is 0.425 e. The number of aliphatic hydroxyl groups excluding tert-OH is 1. The van der Waals surface area contributed by atoms with Gasteiger partial charge >= 0.3 is 12.1 Å². The van der Waals surface area contributed by atoms with Crippen LogP contribution in [0.2, 0.25) is 0 Å². The van der Waals surface area contributed by atoms with Crippen molar-refractivity contribution in [3.05, 3.63) is 21.9 Å². The summed E-state index contributed by atoms with van der Waals surface area (Å²) in [6.45, 7) is 2.77. The molecule has 1 rings (SSSR count). The molecule has 1 atom stereocenters. The molecule has 17 heavy (non-hydrogen) atoms. The second-order valence-corrected chi connectivity index (χ2v) is 5.21. The van der Waals surface area contributed by atoms with Crippen LogP contribution in [0.4, 0.5) is 13.2 Å². The maximum absolute atomic E-state index is 12.4. The van der Waals surface area contributed by atoms with Crippen LogP contribution in [0.1, 0.15) is 23.6 Å². The summed E-state index contributed by atoms with van der Waals surface area (Å²) in [6.07, 6.45) is -6.20. The van der Waals surface area contributed by atoms with E-state index in [4.69, 9.17) is 5.11 Å². The molecule has 2 N–H and O–H groups in total. The summed E-state index contributed by atoms with van der Waals surface area (Å²) in [5.74, 6) is -1.46. The first kappa shape index (κ1) is 14.0. The lowest BCUT2D eigenvalue weighted by Gasteiger charge is -2.26. The summed E-state index contributed by atoms with van der Waals surface area (Å²) >= 11 is 0.444. The molecule has 0 spiro atoms. The van der Waals surface area contributed by atoms with Gasteiger partial charge in [-0.3, -0.25) is 0 Å². The molecule has 96 valence electrons.